The van der Waals surface area contributed by atoms with Crippen molar-refractivity contribution in [3.05, 3.63) is 34.9 Å². The quantitative estimate of drug-likeness (QED) is 0.832. The summed E-state index contributed by atoms with van der Waals surface area (Å²) in [4.78, 5) is 2.56. The van der Waals surface area contributed by atoms with Crippen molar-refractivity contribution in [1.29, 1.82) is 0 Å². The molecule has 1 heterocycles. The average molecular weight is 218 g/mol. The molecule has 0 amide bonds. The molecule has 0 bridgehead atoms. The van der Waals surface area contributed by atoms with Crippen LogP contribution in [0.25, 0.3) is 0 Å². The smallest absolute Gasteiger partial charge is 0.0348 e. The number of rotatable bonds is 4. The molecule has 0 unspecified atom stereocenters. The first-order valence-corrected chi connectivity index (χ1v) is 6.21. The number of hydrogen-bond acceptors (Lipinski definition) is 2. The molecule has 1 aliphatic heterocycles. The normalized spacial score (nSPS) is 16.5. The topological polar surface area (TPSA) is 15.3 Å². The van der Waals surface area contributed by atoms with Crippen LogP contribution < -0.4 is 5.32 Å². The van der Waals surface area contributed by atoms with Gasteiger partial charge in [-0.15, -0.1) is 0 Å². The third-order valence-electron chi connectivity index (χ3n) is 3.55. The highest BCUT2D eigenvalue weighted by Crippen LogP contribution is 2.15. The second kappa shape index (κ2) is 4.98. The van der Waals surface area contributed by atoms with E-state index in [1.54, 1.807) is 0 Å². The lowest BCUT2D eigenvalue weighted by Crippen LogP contribution is -2.56. The summed E-state index contributed by atoms with van der Waals surface area (Å²) in [6, 6.07) is 7.52. The van der Waals surface area contributed by atoms with Crippen LogP contribution in [0.1, 0.15) is 23.6 Å². The van der Waals surface area contributed by atoms with Crippen LogP contribution >= 0.6 is 0 Å². The zero-order chi connectivity index (χ0) is 11.5. The van der Waals surface area contributed by atoms with E-state index < -0.39 is 0 Å². The van der Waals surface area contributed by atoms with E-state index in [1.165, 1.54) is 16.7 Å². The zero-order valence-electron chi connectivity index (χ0n) is 10.6. The Morgan fingerprint density at radius 1 is 1.31 bits per heavy atom. The van der Waals surface area contributed by atoms with E-state index in [0.29, 0.717) is 0 Å². The monoisotopic (exact) mass is 218 g/mol. The molecule has 0 spiro atoms. The third-order valence-corrected chi connectivity index (χ3v) is 3.55. The first-order valence-electron chi connectivity index (χ1n) is 6.21. The van der Waals surface area contributed by atoms with Gasteiger partial charge in [0.1, 0.15) is 0 Å². The van der Waals surface area contributed by atoms with Crippen molar-refractivity contribution >= 4 is 0 Å². The van der Waals surface area contributed by atoms with Gasteiger partial charge in [-0.25, -0.2) is 0 Å². The van der Waals surface area contributed by atoms with Crippen LogP contribution in [0.2, 0.25) is 0 Å². The minimum absolute atomic E-state index is 0.741. The molecule has 0 aliphatic carbocycles. The maximum absolute atomic E-state index is 3.34. The Hall–Kier alpha value is -0.860. The van der Waals surface area contributed by atoms with Gasteiger partial charge in [0.25, 0.3) is 0 Å². The van der Waals surface area contributed by atoms with Crippen LogP contribution in [-0.2, 0) is 6.54 Å². The van der Waals surface area contributed by atoms with Crippen LogP contribution in [0.5, 0.6) is 0 Å². The van der Waals surface area contributed by atoms with E-state index in [4.69, 9.17) is 0 Å². The Kier molecular flexibility index (Phi) is 3.62. The van der Waals surface area contributed by atoms with E-state index in [1.807, 2.05) is 0 Å². The van der Waals surface area contributed by atoms with Crippen LogP contribution in [0, 0.1) is 13.8 Å². The molecule has 1 aliphatic rings. The summed E-state index contributed by atoms with van der Waals surface area (Å²) in [6.45, 7) is 11.2. The summed E-state index contributed by atoms with van der Waals surface area (Å²) in [5, 5.41) is 3.34. The maximum Gasteiger partial charge on any atom is 0.0348 e. The second-order valence-corrected chi connectivity index (χ2v) is 4.81. The zero-order valence-corrected chi connectivity index (χ0v) is 10.6. The number of nitrogens with zero attached hydrogens (tertiary/aromatic N) is 1. The van der Waals surface area contributed by atoms with Crippen LogP contribution in [0.4, 0.5) is 0 Å². The largest absolute Gasteiger partial charge is 0.314 e. The number of aryl methyl sites for hydroxylation is 2. The van der Waals surface area contributed by atoms with Gasteiger partial charge in [0.15, 0.2) is 0 Å². The van der Waals surface area contributed by atoms with Crippen molar-refractivity contribution in [2.75, 3.05) is 19.6 Å². The Labute approximate surface area is 98.7 Å². The van der Waals surface area contributed by atoms with E-state index in [-0.39, 0.29) is 0 Å². The molecule has 2 heteroatoms. The fourth-order valence-corrected chi connectivity index (χ4v) is 2.27. The first kappa shape index (κ1) is 11.6. The van der Waals surface area contributed by atoms with Gasteiger partial charge in [-0.05, 0) is 31.5 Å². The highest BCUT2D eigenvalue weighted by Gasteiger charge is 2.23. The summed E-state index contributed by atoms with van der Waals surface area (Å²) in [5.41, 5.74) is 4.25. The number of hydrogen-bond donors (Lipinski definition) is 1. The molecule has 0 saturated carbocycles. The number of likely N-dealkylation sites (N-methyl/N-ethyl adjacent to an activating group) is 1. The minimum atomic E-state index is 0.741. The SMILES string of the molecule is CCN(Cc1ccc(C)cc1C)C1CNC1. The summed E-state index contributed by atoms with van der Waals surface area (Å²) in [6.07, 6.45) is 0. The van der Waals surface area contributed by atoms with Gasteiger partial charge in [0.2, 0.25) is 0 Å². The minimum Gasteiger partial charge on any atom is -0.314 e. The summed E-state index contributed by atoms with van der Waals surface area (Å²) < 4.78 is 0. The van der Waals surface area contributed by atoms with Gasteiger partial charge in [-0.3, -0.25) is 4.90 Å². The van der Waals surface area contributed by atoms with Crippen molar-refractivity contribution in [1.82, 2.24) is 10.2 Å². The molecule has 1 aromatic carbocycles. The van der Waals surface area contributed by atoms with Gasteiger partial charge in [0, 0.05) is 25.7 Å². The van der Waals surface area contributed by atoms with Gasteiger partial charge < -0.3 is 5.32 Å². The molecule has 88 valence electrons. The van der Waals surface area contributed by atoms with Gasteiger partial charge in [-0.1, -0.05) is 30.7 Å². The van der Waals surface area contributed by atoms with Crippen molar-refractivity contribution in [3.8, 4) is 0 Å². The average Bonchev–Trinajstić information content (AvgIpc) is 2.18. The molecule has 2 nitrogen and oxygen atoms in total. The molecule has 1 N–H and O–H groups in total. The fourth-order valence-electron chi connectivity index (χ4n) is 2.27. The van der Waals surface area contributed by atoms with E-state index >= 15 is 0 Å². The lowest BCUT2D eigenvalue weighted by Gasteiger charge is -2.38. The van der Waals surface area contributed by atoms with Gasteiger partial charge in [-0.2, -0.15) is 0 Å². The first-order chi connectivity index (χ1) is 7.70. The van der Waals surface area contributed by atoms with Gasteiger partial charge >= 0.3 is 0 Å². The van der Waals surface area contributed by atoms with Crippen molar-refractivity contribution in [3.63, 3.8) is 0 Å². The highest BCUT2D eigenvalue weighted by molar-refractivity contribution is 5.30. The van der Waals surface area contributed by atoms with Gasteiger partial charge in [0.05, 0.1) is 0 Å². The summed E-state index contributed by atoms with van der Waals surface area (Å²) in [7, 11) is 0. The molecule has 0 atom stereocenters. The van der Waals surface area contributed by atoms with E-state index in [0.717, 1.165) is 32.2 Å². The highest BCUT2D eigenvalue weighted by atomic mass is 15.2. The van der Waals surface area contributed by atoms with Crippen LogP contribution in [0.15, 0.2) is 18.2 Å². The van der Waals surface area contributed by atoms with Crippen molar-refractivity contribution in [2.45, 2.75) is 33.4 Å². The van der Waals surface area contributed by atoms with Crippen molar-refractivity contribution < 1.29 is 0 Å². The molecular formula is C14H22N2. The second-order valence-electron chi connectivity index (χ2n) is 4.81. The lowest BCUT2D eigenvalue weighted by molar-refractivity contribution is 0.145. The Balaban J connectivity index is 2.06. The number of nitrogens with one attached hydrogen (secondary N) is 1. The molecule has 0 aromatic heterocycles. The third kappa shape index (κ3) is 2.45. The van der Waals surface area contributed by atoms with Crippen LogP contribution in [0.3, 0.4) is 0 Å². The maximum atomic E-state index is 3.34. The Morgan fingerprint density at radius 3 is 2.56 bits per heavy atom. The molecule has 0 radical (unpaired) electrons. The predicted octanol–water partition coefficient (Wildman–Crippen LogP) is 2.10. The predicted molar refractivity (Wildman–Crippen MR) is 68.7 cm³/mol. The molecule has 1 aromatic rings. The summed E-state index contributed by atoms with van der Waals surface area (Å²) in [5.74, 6) is 0. The van der Waals surface area contributed by atoms with Crippen molar-refractivity contribution in [2.24, 2.45) is 0 Å². The Bertz CT molecular complexity index is 356. The van der Waals surface area contributed by atoms with Crippen LogP contribution in [-0.4, -0.2) is 30.6 Å². The molecule has 16 heavy (non-hydrogen) atoms. The molecule has 1 fully saturated rings. The molecule has 2 rings (SSSR count). The summed E-state index contributed by atoms with van der Waals surface area (Å²) >= 11 is 0. The van der Waals surface area contributed by atoms with E-state index in [9.17, 15) is 0 Å². The fraction of sp³-hybridized carbons (Fsp3) is 0.571. The number of benzene rings is 1. The Morgan fingerprint density at radius 2 is 2.06 bits per heavy atom. The standard InChI is InChI=1S/C14H22N2/c1-4-16(14-8-15-9-14)10-13-6-5-11(2)7-12(13)3/h5-7,14-15H,4,8-10H2,1-3H3. The molecular weight excluding hydrogens is 196 g/mol. The van der Waals surface area contributed by atoms with E-state index in [2.05, 4.69) is 49.2 Å². The lowest BCUT2D eigenvalue weighted by atomic mass is 10.0. The molecule has 1 saturated heterocycles.